The molecule has 1 spiro atoms. The summed E-state index contributed by atoms with van der Waals surface area (Å²) >= 11 is 1.27. The summed E-state index contributed by atoms with van der Waals surface area (Å²) in [5.74, 6) is 1.91. The van der Waals surface area contributed by atoms with E-state index < -0.39 is 5.97 Å². The Morgan fingerprint density at radius 1 is 1.02 bits per heavy atom. The number of aromatic nitrogens is 3. The first-order chi connectivity index (χ1) is 24.1. The minimum Gasteiger partial charge on any atom is -0.478 e. The fourth-order valence-electron chi connectivity index (χ4n) is 7.91. The van der Waals surface area contributed by atoms with E-state index in [2.05, 4.69) is 80.0 Å². The number of pyridine rings is 1. The van der Waals surface area contributed by atoms with Crippen molar-refractivity contribution in [1.82, 2.24) is 20.3 Å². The van der Waals surface area contributed by atoms with Crippen LogP contribution in [0.4, 0.5) is 11.8 Å². The minimum atomic E-state index is -0.967. The summed E-state index contributed by atoms with van der Waals surface area (Å²) < 4.78 is 9.81. The number of hydrogen-bond acceptors (Lipinski definition) is 9. The third-order valence-electron chi connectivity index (χ3n) is 11.1. The van der Waals surface area contributed by atoms with Crippen LogP contribution in [0, 0.1) is 31.1 Å². The zero-order valence-electron chi connectivity index (χ0n) is 29.6. The van der Waals surface area contributed by atoms with Crippen molar-refractivity contribution in [1.29, 1.82) is 0 Å². The topological polar surface area (TPSA) is 112 Å². The van der Waals surface area contributed by atoms with Crippen molar-refractivity contribution in [2.45, 2.75) is 89.2 Å². The van der Waals surface area contributed by atoms with Crippen molar-refractivity contribution >= 4 is 29.7 Å². The Balaban J connectivity index is 1.10. The molecular formula is C40H48N6O3S. The number of carboxylic acids is 1. The van der Waals surface area contributed by atoms with E-state index in [1.165, 1.54) is 37.6 Å². The van der Waals surface area contributed by atoms with E-state index in [1.807, 2.05) is 18.2 Å². The molecule has 1 aliphatic heterocycles. The summed E-state index contributed by atoms with van der Waals surface area (Å²) in [6, 6.07) is 22.3. The van der Waals surface area contributed by atoms with Gasteiger partial charge in [0, 0.05) is 41.7 Å². The largest absolute Gasteiger partial charge is 0.478 e. The lowest BCUT2D eigenvalue weighted by Gasteiger charge is -2.43. The van der Waals surface area contributed by atoms with E-state index in [4.69, 9.17) is 19.7 Å². The molecule has 3 N–H and O–H groups in total. The smallest absolute Gasteiger partial charge is 0.335 e. The third-order valence-corrected chi connectivity index (χ3v) is 11.9. The molecule has 1 saturated heterocycles. The number of aryl methyl sites for hydroxylation is 2. The van der Waals surface area contributed by atoms with Gasteiger partial charge in [-0.3, -0.25) is 4.72 Å². The molecule has 3 aliphatic rings. The SMILES string of the molecule is Cc1cccc(C)c1-c1cc(OCC2NC(c3cccc(N(C)C4CC5(CC5)C4)n3)CCC2C(C)C)nc(NSc2cccc(C(=O)O)c2)n1. The van der Waals surface area contributed by atoms with Gasteiger partial charge < -0.3 is 20.1 Å². The zero-order valence-corrected chi connectivity index (χ0v) is 30.5. The maximum Gasteiger partial charge on any atom is 0.335 e. The Labute approximate surface area is 299 Å². The Morgan fingerprint density at radius 2 is 1.76 bits per heavy atom. The number of carbonyl (C=O) groups is 1. The van der Waals surface area contributed by atoms with Crippen molar-refractivity contribution in [3.05, 3.63) is 89.1 Å². The van der Waals surface area contributed by atoms with Gasteiger partial charge >= 0.3 is 5.97 Å². The average Bonchev–Trinajstić information content (AvgIpc) is 3.91. The van der Waals surface area contributed by atoms with Gasteiger partial charge in [-0.2, -0.15) is 4.98 Å². The molecule has 7 rings (SSSR count). The highest BCUT2D eigenvalue weighted by molar-refractivity contribution is 8.00. The Bertz CT molecular complexity index is 1830. The second-order valence-electron chi connectivity index (χ2n) is 14.9. The monoisotopic (exact) mass is 692 g/mol. The highest BCUT2D eigenvalue weighted by atomic mass is 32.2. The average molecular weight is 693 g/mol. The van der Waals surface area contributed by atoms with Gasteiger partial charge in [0.1, 0.15) is 12.4 Å². The van der Waals surface area contributed by atoms with Crippen LogP contribution in [0.2, 0.25) is 0 Å². The first-order valence-corrected chi connectivity index (χ1v) is 18.7. The molecule has 0 amide bonds. The third kappa shape index (κ3) is 7.47. The molecular weight excluding hydrogens is 645 g/mol. The van der Waals surface area contributed by atoms with Crippen LogP contribution in [0.15, 0.2) is 71.6 Å². The molecule has 0 bridgehead atoms. The first-order valence-electron chi connectivity index (χ1n) is 17.9. The van der Waals surface area contributed by atoms with Crippen LogP contribution in [0.25, 0.3) is 11.3 Å². The van der Waals surface area contributed by atoms with Gasteiger partial charge in [-0.1, -0.05) is 44.2 Å². The molecule has 10 heteroatoms. The van der Waals surface area contributed by atoms with E-state index in [-0.39, 0.29) is 17.6 Å². The standard InChI is InChI=1S/C40H48N6O3S/c1-24(2)30-15-16-32(31-13-8-14-35(42-31)46(5)28-21-40(22-28)17-18-40)41-34(30)23-49-36-20-33(37-25(3)9-6-10-26(37)4)43-39(44-36)45-50-29-12-7-11-27(19-29)38(47)48/h6-14,19-20,24,28,30,32,34,41H,15-18,21-23H2,1-5H3,(H,47,48)(H,43,44,45). The fourth-order valence-corrected chi connectivity index (χ4v) is 8.54. The molecule has 3 atom stereocenters. The molecule has 2 saturated carbocycles. The van der Waals surface area contributed by atoms with Crippen molar-refractivity contribution in [2.24, 2.45) is 17.3 Å². The number of nitrogens with one attached hydrogen (secondary N) is 2. The van der Waals surface area contributed by atoms with Crippen molar-refractivity contribution < 1.29 is 14.6 Å². The predicted octanol–water partition coefficient (Wildman–Crippen LogP) is 8.50. The summed E-state index contributed by atoms with van der Waals surface area (Å²) in [5, 5.41) is 13.4. The molecule has 2 aliphatic carbocycles. The van der Waals surface area contributed by atoms with Gasteiger partial charge in [0.2, 0.25) is 11.8 Å². The number of rotatable bonds is 12. The zero-order chi connectivity index (χ0) is 35.0. The molecule has 3 heterocycles. The molecule has 2 aromatic carbocycles. The minimum absolute atomic E-state index is 0.112. The quantitative estimate of drug-likeness (QED) is 0.125. The number of piperidine rings is 1. The van der Waals surface area contributed by atoms with Gasteiger partial charge in [-0.25, -0.2) is 14.8 Å². The molecule has 3 fully saturated rings. The van der Waals surface area contributed by atoms with Crippen LogP contribution in [-0.4, -0.2) is 51.8 Å². The summed E-state index contributed by atoms with van der Waals surface area (Å²) in [4.78, 5) is 29.5. The number of hydrogen-bond donors (Lipinski definition) is 3. The highest BCUT2D eigenvalue weighted by Gasteiger charge is 2.54. The van der Waals surface area contributed by atoms with Crippen molar-refractivity contribution in [3.8, 4) is 17.1 Å². The van der Waals surface area contributed by atoms with Crippen LogP contribution in [0.1, 0.15) is 85.6 Å². The molecule has 9 nitrogen and oxygen atoms in total. The molecule has 262 valence electrons. The number of anilines is 2. The number of aromatic carboxylic acids is 1. The Morgan fingerprint density at radius 3 is 2.48 bits per heavy atom. The van der Waals surface area contributed by atoms with E-state index >= 15 is 0 Å². The first kappa shape index (κ1) is 34.3. The van der Waals surface area contributed by atoms with Crippen LogP contribution in [0.5, 0.6) is 5.88 Å². The Kier molecular flexibility index (Phi) is 9.76. The van der Waals surface area contributed by atoms with Crippen LogP contribution >= 0.6 is 11.9 Å². The van der Waals surface area contributed by atoms with Crippen LogP contribution in [0.3, 0.4) is 0 Å². The molecule has 50 heavy (non-hydrogen) atoms. The summed E-state index contributed by atoms with van der Waals surface area (Å²) in [5.41, 5.74) is 6.02. The van der Waals surface area contributed by atoms with Gasteiger partial charge in [0.05, 0.1) is 17.0 Å². The maximum absolute atomic E-state index is 11.5. The number of ether oxygens (including phenoxy) is 1. The van der Waals surface area contributed by atoms with Gasteiger partial charge in [0.25, 0.3) is 0 Å². The molecule has 3 unspecified atom stereocenters. The van der Waals surface area contributed by atoms with Gasteiger partial charge in [0.15, 0.2) is 0 Å². The number of carboxylic acid groups (broad SMARTS) is 1. The number of benzene rings is 2. The Hall–Kier alpha value is -4.15. The summed E-state index contributed by atoms with van der Waals surface area (Å²) in [6.07, 6.45) is 7.53. The molecule has 2 aromatic heterocycles. The normalized spacial score (nSPS) is 21.1. The lowest BCUT2D eigenvalue weighted by molar-refractivity contribution is 0.0696. The fraction of sp³-hybridized carbons (Fsp3) is 0.450. The lowest BCUT2D eigenvalue weighted by atomic mass is 9.76. The predicted molar refractivity (Wildman–Crippen MR) is 200 cm³/mol. The second-order valence-corrected chi connectivity index (χ2v) is 15.8. The van der Waals surface area contributed by atoms with Crippen molar-refractivity contribution in [2.75, 3.05) is 23.3 Å². The van der Waals surface area contributed by atoms with Gasteiger partial charge in [-0.15, -0.1) is 0 Å². The molecule has 4 aromatic rings. The molecule has 0 radical (unpaired) electrons. The van der Waals surface area contributed by atoms with Crippen molar-refractivity contribution in [3.63, 3.8) is 0 Å². The maximum atomic E-state index is 11.5. The van der Waals surface area contributed by atoms with E-state index in [9.17, 15) is 9.90 Å². The number of nitrogens with zero attached hydrogens (tertiary/aromatic N) is 4. The second kappa shape index (κ2) is 14.2. The highest BCUT2D eigenvalue weighted by Crippen LogP contribution is 2.61. The van der Waals surface area contributed by atoms with Crippen LogP contribution < -0.4 is 19.7 Å². The summed E-state index contributed by atoms with van der Waals surface area (Å²) in [6.45, 7) is 9.21. The summed E-state index contributed by atoms with van der Waals surface area (Å²) in [7, 11) is 2.20. The lowest BCUT2D eigenvalue weighted by Crippen LogP contribution is -2.49. The van der Waals surface area contributed by atoms with Gasteiger partial charge in [-0.05, 0) is 123 Å². The van der Waals surface area contributed by atoms with E-state index in [0.29, 0.717) is 41.7 Å². The van der Waals surface area contributed by atoms with E-state index in [1.54, 1.807) is 18.2 Å². The van der Waals surface area contributed by atoms with E-state index in [0.717, 1.165) is 51.6 Å². The van der Waals surface area contributed by atoms with Crippen LogP contribution in [-0.2, 0) is 0 Å².